The molecule has 118 valence electrons. The van der Waals surface area contributed by atoms with Gasteiger partial charge in [0.25, 0.3) is 0 Å². The number of H-pyrrole nitrogens is 1. The van der Waals surface area contributed by atoms with E-state index < -0.39 is 0 Å². The molecule has 1 aliphatic heterocycles. The predicted molar refractivity (Wildman–Crippen MR) is 87.4 cm³/mol. The molecule has 4 nitrogen and oxygen atoms in total. The van der Waals surface area contributed by atoms with Crippen molar-refractivity contribution in [2.24, 2.45) is 5.41 Å². The Morgan fingerprint density at radius 1 is 1.23 bits per heavy atom. The highest BCUT2D eigenvalue weighted by Gasteiger charge is 2.35. The number of rotatable bonds is 3. The van der Waals surface area contributed by atoms with Crippen LogP contribution in [0.25, 0.3) is 0 Å². The number of aromatic nitrogens is 2. The Hall–Kier alpha value is -1.65. The van der Waals surface area contributed by atoms with Crippen LogP contribution in [0, 0.1) is 5.41 Å². The molecule has 1 aromatic heterocycles. The second kappa shape index (κ2) is 6.23. The molecule has 0 unspecified atom stereocenters. The van der Waals surface area contributed by atoms with Crippen molar-refractivity contribution in [3.63, 3.8) is 0 Å². The minimum atomic E-state index is 0.125. The van der Waals surface area contributed by atoms with Crippen LogP contribution < -0.4 is 0 Å². The monoisotopic (exact) mass is 299 g/mol. The van der Waals surface area contributed by atoms with E-state index in [0.717, 1.165) is 25.3 Å². The van der Waals surface area contributed by atoms with Gasteiger partial charge in [-0.2, -0.15) is 0 Å². The molecule has 3 rings (SSSR count). The number of benzene rings is 1. The van der Waals surface area contributed by atoms with Crippen LogP contribution in [0.4, 0.5) is 0 Å². The van der Waals surface area contributed by atoms with Gasteiger partial charge in [-0.25, -0.2) is 4.98 Å². The smallest absolute Gasteiger partial charge is 0.0956 e. The van der Waals surface area contributed by atoms with Gasteiger partial charge in [0, 0.05) is 31.5 Å². The zero-order valence-corrected chi connectivity index (χ0v) is 13.6. The zero-order valence-electron chi connectivity index (χ0n) is 13.6. The van der Waals surface area contributed by atoms with E-state index in [1.54, 1.807) is 6.33 Å². The average molecular weight is 299 g/mol. The van der Waals surface area contributed by atoms with Gasteiger partial charge in [0.1, 0.15) is 0 Å². The van der Waals surface area contributed by atoms with Crippen molar-refractivity contribution in [1.82, 2.24) is 14.9 Å². The number of morpholine rings is 1. The first-order valence-corrected chi connectivity index (χ1v) is 7.92. The number of nitrogens with one attached hydrogen (secondary N) is 1. The Balaban J connectivity index is 1.79. The molecule has 1 saturated heterocycles. The molecule has 1 fully saturated rings. The van der Waals surface area contributed by atoms with E-state index in [1.165, 1.54) is 5.56 Å². The summed E-state index contributed by atoms with van der Waals surface area (Å²) in [5.74, 6) is 0. The number of hydrogen-bond acceptors (Lipinski definition) is 3. The van der Waals surface area contributed by atoms with Gasteiger partial charge < -0.3 is 9.72 Å². The Labute approximate surface area is 132 Å². The third-order valence-electron chi connectivity index (χ3n) is 4.26. The van der Waals surface area contributed by atoms with E-state index in [1.807, 2.05) is 6.20 Å². The molecule has 22 heavy (non-hydrogen) atoms. The van der Waals surface area contributed by atoms with Crippen molar-refractivity contribution >= 4 is 0 Å². The topological polar surface area (TPSA) is 41.2 Å². The molecule has 2 heterocycles. The molecule has 1 aliphatic rings. The van der Waals surface area contributed by atoms with Crippen LogP contribution in [0.3, 0.4) is 0 Å². The Morgan fingerprint density at radius 2 is 2.00 bits per heavy atom. The first kappa shape index (κ1) is 15.3. The highest BCUT2D eigenvalue weighted by atomic mass is 16.5. The lowest BCUT2D eigenvalue weighted by Gasteiger charge is -2.43. The quantitative estimate of drug-likeness (QED) is 0.944. The van der Waals surface area contributed by atoms with Gasteiger partial charge in [-0.3, -0.25) is 4.90 Å². The van der Waals surface area contributed by atoms with E-state index in [9.17, 15) is 0 Å². The van der Waals surface area contributed by atoms with E-state index in [4.69, 9.17) is 4.74 Å². The molecular weight excluding hydrogens is 274 g/mol. The molecular formula is C18H25N3O. The normalized spacial score (nSPS) is 23.6. The molecule has 2 aromatic rings. The summed E-state index contributed by atoms with van der Waals surface area (Å²) in [5.41, 5.74) is 2.53. The lowest BCUT2D eigenvalue weighted by molar-refractivity contribution is -0.131. The largest absolute Gasteiger partial charge is 0.367 e. The predicted octanol–water partition coefficient (Wildman–Crippen LogP) is 3.40. The molecule has 1 aromatic carbocycles. The van der Waals surface area contributed by atoms with E-state index >= 15 is 0 Å². The summed E-state index contributed by atoms with van der Waals surface area (Å²) in [6, 6.07) is 10.5. The number of aromatic amines is 1. The van der Waals surface area contributed by atoms with Gasteiger partial charge in [-0.15, -0.1) is 0 Å². The average Bonchev–Trinajstić information content (AvgIpc) is 3.00. The minimum absolute atomic E-state index is 0.125. The first-order valence-electron chi connectivity index (χ1n) is 7.92. The van der Waals surface area contributed by atoms with Crippen LogP contribution in [-0.2, 0) is 11.3 Å². The zero-order chi connectivity index (χ0) is 15.6. The van der Waals surface area contributed by atoms with E-state index in [2.05, 4.69) is 66.0 Å². The first-order chi connectivity index (χ1) is 10.5. The molecule has 0 radical (unpaired) electrons. The molecule has 0 bridgehead atoms. The van der Waals surface area contributed by atoms with Crippen LogP contribution >= 0.6 is 0 Å². The standard InChI is InChI=1S/C18H25N3O/c1-18(2,3)17-12-21(10-15-9-19-13-20-15)11-16(22-17)14-7-5-4-6-8-14/h4-9,13,16-17H,10-12H2,1-3H3,(H,19,20)/t16-,17+/m0/s1. The van der Waals surface area contributed by atoms with Gasteiger partial charge in [0.15, 0.2) is 0 Å². The Bertz CT molecular complexity index is 574. The molecule has 0 amide bonds. The fourth-order valence-corrected chi connectivity index (χ4v) is 2.90. The van der Waals surface area contributed by atoms with Crippen molar-refractivity contribution < 1.29 is 4.74 Å². The highest BCUT2D eigenvalue weighted by molar-refractivity contribution is 5.18. The lowest BCUT2D eigenvalue weighted by atomic mass is 9.87. The molecule has 0 saturated carbocycles. The minimum Gasteiger partial charge on any atom is -0.367 e. The van der Waals surface area contributed by atoms with Crippen molar-refractivity contribution in [3.05, 3.63) is 54.1 Å². The van der Waals surface area contributed by atoms with Gasteiger partial charge in [-0.1, -0.05) is 51.1 Å². The van der Waals surface area contributed by atoms with Crippen LogP contribution in [0.15, 0.2) is 42.9 Å². The number of imidazole rings is 1. The van der Waals surface area contributed by atoms with Crippen molar-refractivity contribution in [1.29, 1.82) is 0 Å². The second-order valence-corrected chi connectivity index (χ2v) is 7.16. The molecule has 0 spiro atoms. The lowest BCUT2D eigenvalue weighted by Crippen LogP contribution is -2.48. The summed E-state index contributed by atoms with van der Waals surface area (Å²) >= 11 is 0. The summed E-state index contributed by atoms with van der Waals surface area (Å²) in [7, 11) is 0. The summed E-state index contributed by atoms with van der Waals surface area (Å²) in [6.45, 7) is 9.50. The maximum Gasteiger partial charge on any atom is 0.0956 e. The third-order valence-corrected chi connectivity index (χ3v) is 4.26. The Kier molecular flexibility index (Phi) is 4.32. The molecule has 0 aliphatic carbocycles. The Morgan fingerprint density at radius 3 is 2.64 bits per heavy atom. The summed E-state index contributed by atoms with van der Waals surface area (Å²) in [4.78, 5) is 9.78. The molecule has 1 N–H and O–H groups in total. The van der Waals surface area contributed by atoms with Crippen molar-refractivity contribution in [2.45, 2.75) is 39.5 Å². The van der Waals surface area contributed by atoms with Crippen molar-refractivity contribution in [2.75, 3.05) is 13.1 Å². The summed E-state index contributed by atoms with van der Waals surface area (Å²) in [6.07, 6.45) is 3.99. The summed E-state index contributed by atoms with van der Waals surface area (Å²) < 4.78 is 6.42. The van der Waals surface area contributed by atoms with Gasteiger partial charge in [0.2, 0.25) is 0 Å². The van der Waals surface area contributed by atoms with Gasteiger partial charge >= 0.3 is 0 Å². The number of hydrogen-bond donors (Lipinski definition) is 1. The van der Waals surface area contributed by atoms with E-state index in [-0.39, 0.29) is 17.6 Å². The number of nitrogens with zero attached hydrogens (tertiary/aromatic N) is 2. The fourth-order valence-electron chi connectivity index (χ4n) is 2.90. The van der Waals surface area contributed by atoms with Crippen LogP contribution in [0.2, 0.25) is 0 Å². The maximum absolute atomic E-state index is 6.42. The fraction of sp³-hybridized carbons (Fsp3) is 0.500. The van der Waals surface area contributed by atoms with Gasteiger partial charge in [-0.05, 0) is 11.0 Å². The maximum atomic E-state index is 6.42. The molecule has 2 atom stereocenters. The second-order valence-electron chi connectivity index (χ2n) is 7.16. The summed E-state index contributed by atoms with van der Waals surface area (Å²) in [5, 5.41) is 0. The van der Waals surface area contributed by atoms with Crippen molar-refractivity contribution in [3.8, 4) is 0 Å². The molecule has 4 heteroatoms. The highest BCUT2D eigenvalue weighted by Crippen LogP contribution is 2.33. The van der Waals surface area contributed by atoms with Gasteiger partial charge in [0.05, 0.1) is 18.5 Å². The third kappa shape index (κ3) is 3.57. The SMILES string of the molecule is CC(C)(C)[C@H]1CN(Cc2cnc[nH]2)C[C@@H](c2ccccc2)O1. The van der Waals surface area contributed by atoms with Crippen LogP contribution in [0.1, 0.15) is 38.1 Å². The van der Waals surface area contributed by atoms with Crippen LogP contribution in [0.5, 0.6) is 0 Å². The van der Waals surface area contributed by atoms with E-state index in [0.29, 0.717) is 0 Å². The number of ether oxygens (including phenoxy) is 1. The van der Waals surface area contributed by atoms with Crippen LogP contribution in [-0.4, -0.2) is 34.1 Å².